The number of benzene rings is 5. The summed E-state index contributed by atoms with van der Waals surface area (Å²) in [5.41, 5.74) is 8.27. The first-order valence-electron chi connectivity index (χ1n) is 42.5. The number of Topliss-reactive ketones (excluding diaryl/α,β-unsaturated/α-hetero) is 2. The number of hydrogen-bond acceptors (Lipinski definition) is 22. The first-order chi connectivity index (χ1) is 64.3. The molecular formula is C99H90ClF9N20O2S3. The highest BCUT2D eigenvalue weighted by molar-refractivity contribution is 8.14. The van der Waals surface area contributed by atoms with E-state index in [0.29, 0.717) is 127 Å². The van der Waals surface area contributed by atoms with E-state index in [9.17, 15) is 31.5 Å². The number of halogens is 10. The Labute approximate surface area is 787 Å². The molecule has 11 aromatic rings. The van der Waals surface area contributed by atoms with Crippen LogP contribution >= 0.6 is 46.9 Å². The van der Waals surface area contributed by atoms with Crippen molar-refractivity contribution in [1.29, 1.82) is 0 Å². The fraction of sp³-hybridized carbons (Fsp3) is 0.283. The standard InChI is InChI=1S/C33H25F3N6OS.C28H22F2N4OS.C25H20F3N7S.C8H19N.C5H4ClFN2/c1-20-28(36)16-39-32(40-20)42-17-23-18-44-31(14-30(43)22-6-4-3-5-7-22)41-33(23,19-42)25-12-21(8-10-26(25)34)13-27(35)29-11-9-24(37-2)15-38-29;1-31-21-8-10-25(33-15-21)24(30)12-18-7-9-23(29)22(11-18)28-17-32-14-20(28)16-36-27(34-28)13-26(35)19-5-3-2-4-6-19;1-14-21(28)10-32-24(33-14)35-11-16-12-36-23(29)34-25(16,13-35)18-7-15(3-5-19(18)26)8-20(27)22-6-4-17(30-2)9-31-22;1-6-9(7(2)3)8(4)5;1-3-4(7)2-8-5(6)9-3/h3-13,15-16,23H,14,17-19H2,1H3;2-12,15,20,32H,13-14,16-17H2;3-10,16H,11-13H2,1H3,(H2,29,34);7-8H,6H2,1-5H3;2H,1H3/b27-13-;24-12-;20-8-;;/t23-,33-;20-,28-;16-,25-;;/m000../s1. The molecule has 6 aliphatic heterocycles. The Morgan fingerprint density at radius 2 is 0.866 bits per heavy atom. The fourth-order valence-electron chi connectivity index (χ4n) is 16.4. The minimum absolute atomic E-state index is 0.0302. The Morgan fingerprint density at radius 1 is 0.493 bits per heavy atom. The van der Waals surface area contributed by atoms with Crippen molar-refractivity contribution < 1.29 is 49.1 Å². The number of nitrogens with two attached hydrogens (primary N) is 1. The van der Waals surface area contributed by atoms with Crippen LogP contribution in [-0.2, 0) is 16.6 Å². The van der Waals surface area contributed by atoms with Gasteiger partial charge in [-0.15, -0.1) is 23.5 Å². The Bertz CT molecular complexity index is 6480. The smallest absolute Gasteiger partial charge is 0.225 e. The molecular weight excluding hydrogens is 1800 g/mol. The highest BCUT2D eigenvalue weighted by atomic mass is 35.5. The second kappa shape index (κ2) is 44.1. The average Bonchev–Trinajstić information content (AvgIpc) is 1.58. The molecule has 134 heavy (non-hydrogen) atoms. The molecule has 6 aromatic heterocycles. The number of aromatic nitrogens is 9. The van der Waals surface area contributed by atoms with Gasteiger partial charge in [0, 0.05) is 120 Å². The number of hydrogen-bond donors (Lipinski definition) is 2. The van der Waals surface area contributed by atoms with Crippen molar-refractivity contribution in [3.8, 4) is 0 Å². The highest BCUT2D eigenvalue weighted by Gasteiger charge is 2.55. The van der Waals surface area contributed by atoms with E-state index in [1.54, 1.807) is 80.2 Å². The molecule has 0 saturated carbocycles. The van der Waals surface area contributed by atoms with Crippen molar-refractivity contribution in [3.05, 3.63) is 342 Å². The normalized spacial score (nSPS) is 19.5. The van der Waals surface area contributed by atoms with Gasteiger partial charge in [0.25, 0.3) is 0 Å². The summed E-state index contributed by atoms with van der Waals surface area (Å²) in [6, 6.07) is 41.2. The molecule has 0 unspecified atom stereocenters. The van der Waals surface area contributed by atoms with E-state index in [1.807, 2.05) is 34.1 Å². The van der Waals surface area contributed by atoms with Crippen LogP contribution in [0.2, 0.25) is 5.28 Å². The lowest BCUT2D eigenvalue weighted by molar-refractivity contribution is 0.0992. The number of rotatable bonds is 20. The van der Waals surface area contributed by atoms with E-state index < -0.39 is 69.0 Å². The molecule has 3 fully saturated rings. The van der Waals surface area contributed by atoms with Gasteiger partial charge in [0.05, 0.1) is 108 Å². The molecule has 0 aliphatic carbocycles. The maximum atomic E-state index is 15.8. The van der Waals surface area contributed by atoms with Crippen LogP contribution in [0.4, 0.5) is 68.5 Å². The van der Waals surface area contributed by atoms with Gasteiger partial charge in [0.1, 0.15) is 51.5 Å². The van der Waals surface area contributed by atoms with Crippen LogP contribution in [0, 0.1) is 93.1 Å². The summed E-state index contributed by atoms with van der Waals surface area (Å²) in [6.07, 6.45) is 11.2. The van der Waals surface area contributed by atoms with Crippen LogP contribution in [0.1, 0.15) is 136 Å². The third-order valence-corrected chi connectivity index (χ3v) is 26.7. The van der Waals surface area contributed by atoms with Crippen molar-refractivity contribution >= 4 is 138 Å². The number of carbonyl (C=O) groups is 2. The zero-order chi connectivity index (χ0) is 95.7. The highest BCUT2D eigenvalue weighted by Crippen LogP contribution is 2.51. The molecule has 17 rings (SSSR count). The van der Waals surface area contributed by atoms with Gasteiger partial charge in [0.15, 0.2) is 34.2 Å². The van der Waals surface area contributed by atoms with Crippen LogP contribution in [-0.4, -0.2) is 152 Å². The maximum Gasteiger partial charge on any atom is 0.225 e. The first-order valence-corrected chi connectivity index (χ1v) is 45.9. The Kier molecular flexibility index (Phi) is 32.4. The molecule has 0 spiro atoms. The number of aryl methyl sites for hydroxylation is 3. The molecule has 5 aromatic carbocycles. The fourth-order valence-corrected chi connectivity index (χ4v) is 20.1. The van der Waals surface area contributed by atoms with Crippen LogP contribution in [0.25, 0.3) is 50.2 Å². The topological polar surface area (TPSA) is 248 Å². The molecule has 12 heterocycles. The predicted molar refractivity (Wildman–Crippen MR) is 513 cm³/mol. The first kappa shape index (κ1) is 98.4. The van der Waals surface area contributed by atoms with Gasteiger partial charge >= 0.3 is 0 Å². The lowest BCUT2D eigenvalue weighted by Crippen LogP contribution is -2.40. The van der Waals surface area contributed by atoms with E-state index in [0.717, 1.165) is 25.1 Å². The summed E-state index contributed by atoms with van der Waals surface area (Å²) in [5, 5.41) is 5.00. The van der Waals surface area contributed by atoms with Gasteiger partial charge < -0.3 is 20.9 Å². The monoisotopic (exact) mass is 1890 g/mol. The minimum Gasteiger partial charge on any atom is -0.379 e. The Morgan fingerprint density at radius 3 is 1.22 bits per heavy atom. The van der Waals surface area contributed by atoms with Crippen LogP contribution < -0.4 is 20.9 Å². The van der Waals surface area contributed by atoms with E-state index >= 15 is 17.6 Å². The van der Waals surface area contributed by atoms with Crippen LogP contribution in [0.15, 0.2) is 204 Å². The number of aliphatic imine (C=N–C) groups is 3. The zero-order valence-electron chi connectivity index (χ0n) is 74.0. The number of carbonyl (C=O) groups excluding carboxylic acids is 2. The molecule has 686 valence electrons. The molecule has 22 nitrogen and oxygen atoms in total. The van der Waals surface area contributed by atoms with E-state index in [-0.39, 0.29) is 112 Å². The molecule has 6 atom stereocenters. The Balaban J connectivity index is 0.000000156. The van der Waals surface area contributed by atoms with Gasteiger partial charge in [-0.1, -0.05) is 116 Å². The summed E-state index contributed by atoms with van der Waals surface area (Å²) in [4.78, 5) is 92.5. The number of pyridine rings is 3. The third kappa shape index (κ3) is 23.4. The number of ketones is 2. The molecule has 35 heteroatoms. The summed E-state index contributed by atoms with van der Waals surface area (Å²) < 4.78 is 132. The number of nitrogens with one attached hydrogen (secondary N) is 1. The number of fused-ring (bicyclic) bond motifs is 3. The van der Waals surface area contributed by atoms with Gasteiger partial charge in [-0.2, -0.15) is 0 Å². The minimum atomic E-state index is -1.14. The van der Waals surface area contributed by atoms with Crippen molar-refractivity contribution in [2.24, 2.45) is 38.5 Å². The largest absolute Gasteiger partial charge is 0.379 e. The molecule has 3 saturated heterocycles. The summed E-state index contributed by atoms with van der Waals surface area (Å²) in [5.74, 6) is -2.69. The molecule has 3 N–H and O–H groups in total. The predicted octanol–water partition coefficient (Wildman–Crippen LogP) is 21.9. The van der Waals surface area contributed by atoms with Crippen LogP contribution in [0.5, 0.6) is 0 Å². The van der Waals surface area contributed by atoms with E-state index in [4.69, 9.17) is 52.0 Å². The Hall–Kier alpha value is -13.1. The quantitative estimate of drug-likeness (QED) is 0.0311. The van der Waals surface area contributed by atoms with Gasteiger partial charge in [-0.05, 0) is 156 Å². The second-order valence-corrected chi connectivity index (χ2v) is 36.2. The van der Waals surface area contributed by atoms with Gasteiger partial charge in [-0.3, -0.25) is 39.4 Å². The molecule has 0 radical (unpaired) electrons. The van der Waals surface area contributed by atoms with Gasteiger partial charge in [-0.25, -0.2) is 88.9 Å². The van der Waals surface area contributed by atoms with Crippen molar-refractivity contribution in [3.63, 3.8) is 0 Å². The van der Waals surface area contributed by atoms with Crippen LogP contribution in [0.3, 0.4) is 0 Å². The molecule has 0 amide bonds. The summed E-state index contributed by atoms with van der Waals surface area (Å²) in [6.45, 7) is 40.5. The lowest BCUT2D eigenvalue weighted by atomic mass is 9.80. The maximum absolute atomic E-state index is 15.8. The third-order valence-electron chi connectivity index (χ3n) is 23.2. The SMILES string of the molecule is CCN(C(C)C)C(C)C.Cc1nc(Cl)ncc1F.[C-]#[N+]c1ccc(/C(F)=C/c2ccc(F)c([C@]34CN(c5ncc(F)c(C)n5)C[C@H]3CSC(CC(=O)c3ccccc3)=N4)c2)nc1.[C-]#[N+]c1ccc(/C(F)=C/c2ccc(F)c([C@]34CN(c5ncc(F)c(C)n5)C[C@H]3CSC(N)=N4)c2)nc1.[C-]#[N+]c1ccc(/C(F)=C/c2ccc(F)c([C@]34CNC[C@H]3CSC(CC(=O)c3ccccc3)=N4)c2)nc1. The van der Waals surface area contributed by atoms with Crippen molar-refractivity contribution in [2.45, 2.75) is 96.9 Å². The zero-order valence-corrected chi connectivity index (χ0v) is 77.2. The summed E-state index contributed by atoms with van der Waals surface area (Å²) in [7, 11) is 0. The number of amidine groups is 1. The van der Waals surface area contributed by atoms with E-state index in [1.165, 1.54) is 140 Å². The lowest BCUT2D eigenvalue weighted by Gasteiger charge is -2.36. The average molecular weight is 1890 g/mol. The van der Waals surface area contributed by atoms with E-state index in [2.05, 4.69) is 104 Å². The van der Waals surface area contributed by atoms with Crippen molar-refractivity contribution in [2.75, 3.05) is 72.9 Å². The molecule has 6 aliphatic rings. The number of thioether (sulfide) groups is 3. The summed E-state index contributed by atoms with van der Waals surface area (Å²) >= 11 is 9.72. The number of anilines is 2. The second-order valence-electron chi connectivity index (χ2n) is 32.6. The van der Waals surface area contributed by atoms with Crippen molar-refractivity contribution in [1.82, 2.24) is 55.1 Å². The van der Waals surface area contributed by atoms with Gasteiger partial charge in [0.2, 0.25) is 34.2 Å². The molecule has 0 bridgehead atoms. The number of nitrogens with zero attached hydrogens (tertiary/aromatic N) is 18.